The van der Waals surface area contributed by atoms with Gasteiger partial charge in [-0.05, 0) is 37.8 Å². The highest BCUT2D eigenvalue weighted by molar-refractivity contribution is 6.00. The third-order valence-electron chi connectivity index (χ3n) is 3.42. The van der Waals surface area contributed by atoms with Crippen LogP contribution in [0, 0.1) is 0 Å². The summed E-state index contributed by atoms with van der Waals surface area (Å²) in [4.78, 5) is 15.4. The summed E-state index contributed by atoms with van der Waals surface area (Å²) in [6.45, 7) is 2.12. The summed E-state index contributed by atoms with van der Waals surface area (Å²) in [7, 11) is 0. The first kappa shape index (κ1) is 9.64. The molecule has 0 amide bonds. The highest BCUT2D eigenvalue weighted by Crippen LogP contribution is 2.30. The summed E-state index contributed by atoms with van der Waals surface area (Å²) in [5.41, 5.74) is 5.80. The smallest absolute Gasteiger partial charge is 0.165 e. The number of fused-ring (bicyclic) bond motifs is 3. The van der Waals surface area contributed by atoms with E-state index in [-0.39, 0.29) is 0 Å². The van der Waals surface area contributed by atoms with Gasteiger partial charge in [0.1, 0.15) is 0 Å². The summed E-state index contributed by atoms with van der Waals surface area (Å²) in [5, 5.41) is 0. The van der Waals surface area contributed by atoms with Crippen molar-refractivity contribution < 1.29 is 4.79 Å². The number of ketones is 1. The third kappa shape index (κ3) is 1.37. The predicted octanol–water partition coefficient (Wildman–Crippen LogP) is 3.05. The van der Waals surface area contributed by atoms with Crippen LogP contribution in [0.5, 0.6) is 0 Å². The number of aromatic nitrogens is 1. The molecule has 2 nitrogen and oxygen atoms in total. The lowest BCUT2D eigenvalue weighted by Gasteiger charge is -2.11. The third-order valence-corrected chi connectivity index (χ3v) is 3.42. The molecule has 0 fully saturated rings. The van der Waals surface area contributed by atoms with E-state index in [1.54, 1.807) is 0 Å². The first-order valence-electron chi connectivity index (χ1n) is 5.86. The van der Waals surface area contributed by atoms with Gasteiger partial charge < -0.3 is 4.98 Å². The zero-order chi connectivity index (χ0) is 11.1. The molecule has 0 aromatic carbocycles. The Morgan fingerprint density at radius 3 is 3.06 bits per heavy atom. The van der Waals surface area contributed by atoms with Gasteiger partial charge in [0, 0.05) is 23.4 Å². The predicted molar refractivity (Wildman–Crippen MR) is 64.6 cm³/mol. The fourth-order valence-corrected chi connectivity index (χ4v) is 2.66. The van der Waals surface area contributed by atoms with Crippen molar-refractivity contribution in [2.75, 3.05) is 0 Å². The number of hydrogen-bond donors (Lipinski definition) is 1. The molecule has 2 aliphatic carbocycles. The van der Waals surface area contributed by atoms with Gasteiger partial charge in [-0.15, -0.1) is 0 Å². The number of H-pyrrole nitrogens is 1. The van der Waals surface area contributed by atoms with Crippen LogP contribution in [0.2, 0.25) is 0 Å². The van der Waals surface area contributed by atoms with Crippen LogP contribution in [0.4, 0.5) is 0 Å². The van der Waals surface area contributed by atoms with Crippen molar-refractivity contribution in [2.24, 2.45) is 0 Å². The maximum Gasteiger partial charge on any atom is 0.165 e. The zero-order valence-corrected chi connectivity index (χ0v) is 9.47. The summed E-state index contributed by atoms with van der Waals surface area (Å²) < 4.78 is 0. The Kier molecular flexibility index (Phi) is 2.10. The lowest BCUT2D eigenvalue weighted by atomic mass is 9.91. The highest BCUT2D eigenvalue weighted by Gasteiger charge is 2.25. The van der Waals surface area contributed by atoms with Crippen LogP contribution in [0.1, 0.15) is 47.1 Å². The monoisotopic (exact) mass is 213 g/mol. The number of aromatic amines is 1. The highest BCUT2D eigenvalue weighted by atomic mass is 16.1. The number of hydrogen-bond acceptors (Lipinski definition) is 1. The lowest BCUT2D eigenvalue weighted by molar-refractivity contribution is 0.0971. The second-order valence-electron chi connectivity index (χ2n) is 4.70. The fourth-order valence-electron chi connectivity index (χ4n) is 2.66. The summed E-state index contributed by atoms with van der Waals surface area (Å²) in [6, 6.07) is 0. The standard InChI is InChI=1S/C14H15NO/c1-9-4-2-5-11-10(8-9)14-12(15-11)6-3-7-13(14)16/h2,4-5,15H,3,6-8H2,1H3. The first-order valence-corrected chi connectivity index (χ1v) is 5.86. The topological polar surface area (TPSA) is 32.9 Å². The first-order chi connectivity index (χ1) is 7.75. The van der Waals surface area contributed by atoms with E-state index in [9.17, 15) is 4.79 Å². The molecule has 0 saturated carbocycles. The van der Waals surface area contributed by atoms with Gasteiger partial charge >= 0.3 is 0 Å². The molecule has 2 heteroatoms. The summed E-state index contributed by atoms with van der Waals surface area (Å²) in [5.74, 6) is 0.321. The lowest BCUT2D eigenvalue weighted by Crippen LogP contribution is -2.11. The van der Waals surface area contributed by atoms with Crippen molar-refractivity contribution in [1.29, 1.82) is 0 Å². The average Bonchev–Trinajstić information content (AvgIpc) is 2.48. The fraction of sp³-hybridized carbons (Fsp3) is 0.357. The molecule has 0 bridgehead atoms. The molecule has 0 saturated heterocycles. The van der Waals surface area contributed by atoms with Gasteiger partial charge in [-0.1, -0.05) is 17.7 Å². The molecule has 0 spiro atoms. The Morgan fingerprint density at radius 2 is 2.19 bits per heavy atom. The van der Waals surface area contributed by atoms with E-state index in [4.69, 9.17) is 0 Å². The quantitative estimate of drug-likeness (QED) is 0.706. The SMILES string of the molecule is CC1=CC=Cc2[nH]c3c(c2C1)C(=O)CCC3. The minimum absolute atomic E-state index is 0.321. The normalized spacial score (nSPS) is 18.8. The van der Waals surface area contributed by atoms with Crippen LogP contribution in [0.15, 0.2) is 17.7 Å². The van der Waals surface area contributed by atoms with E-state index in [2.05, 4.69) is 30.1 Å². The average molecular weight is 213 g/mol. The van der Waals surface area contributed by atoms with Crippen molar-refractivity contribution in [3.05, 3.63) is 40.2 Å². The van der Waals surface area contributed by atoms with Crippen molar-refractivity contribution in [2.45, 2.75) is 32.6 Å². The van der Waals surface area contributed by atoms with Crippen LogP contribution in [-0.2, 0) is 12.8 Å². The van der Waals surface area contributed by atoms with Crippen molar-refractivity contribution in [1.82, 2.24) is 4.98 Å². The van der Waals surface area contributed by atoms with Crippen LogP contribution in [-0.4, -0.2) is 10.8 Å². The van der Waals surface area contributed by atoms with E-state index < -0.39 is 0 Å². The molecule has 2 aliphatic rings. The van der Waals surface area contributed by atoms with Crippen LogP contribution < -0.4 is 0 Å². The zero-order valence-electron chi connectivity index (χ0n) is 9.47. The van der Waals surface area contributed by atoms with Gasteiger partial charge in [-0.2, -0.15) is 0 Å². The molecular weight excluding hydrogens is 198 g/mol. The Labute approximate surface area is 95.1 Å². The van der Waals surface area contributed by atoms with Crippen LogP contribution in [0.3, 0.4) is 0 Å². The molecule has 1 heterocycles. The van der Waals surface area contributed by atoms with E-state index in [0.29, 0.717) is 12.2 Å². The molecule has 1 aromatic rings. The van der Waals surface area contributed by atoms with Gasteiger partial charge in [0.25, 0.3) is 0 Å². The maximum absolute atomic E-state index is 12.0. The number of allylic oxidation sites excluding steroid dienone is 3. The minimum Gasteiger partial charge on any atom is -0.358 e. The minimum atomic E-state index is 0.321. The molecule has 1 aromatic heterocycles. The Hall–Kier alpha value is -1.57. The van der Waals surface area contributed by atoms with Gasteiger partial charge in [0.05, 0.1) is 0 Å². The molecule has 0 aliphatic heterocycles. The van der Waals surface area contributed by atoms with E-state index in [1.165, 1.54) is 11.1 Å². The molecule has 16 heavy (non-hydrogen) atoms. The number of aryl methyl sites for hydroxylation is 1. The molecule has 82 valence electrons. The Balaban J connectivity index is 2.19. The number of Topliss-reactive ketones (excluding diaryl/α,β-unsaturated/α-hetero) is 1. The summed E-state index contributed by atoms with van der Waals surface area (Å²) >= 11 is 0. The Bertz CT molecular complexity index is 517. The van der Waals surface area contributed by atoms with E-state index >= 15 is 0 Å². The number of rotatable bonds is 0. The van der Waals surface area contributed by atoms with E-state index in [1.807, 2.05) is 0 Å². The van der Waals surface area contributed by atoms with Crippen LogP contribution >= 0.6 is 0 Å². The molecular formula is C14H15NO. The number of nitrogens with one attached hydrogen (secondary N) is 1. The molecule has 0 radical (unpaired) electrons. The number of carbonyl (C=O) groups is 1. The van der Waals surface area contributed by atoms with E-state index in [0.717, 1.165) is 36.2 Å². The second-order valence-corrected chi connectivity index (χ2v) is 4.70. The van der Waals surface area contributed by atoms with Gasteiger partial charge in [0.2, 0.25) is 0 Å². The molecule has 0 unspecified atom stereocenters. The second kappa shape index (κ2) is 3.48. The van der Waals surface area contributed by atoms with Gasteiger partial charge in [0.15, 0.2) is 5.78 Å². The molecule has 1 N–H and O–H groups in total. The van der Waals surface area contributed by atoms with Crippen molar-refractivity contribution >= 4 is 11.9 Å². The van der Waals surface area contributed by atoms with Crippen molar-refractivity contribution in [3.8, 4) is 0 Å². The molecule has 3 rings (SSSR count). The Morgan fingerprint density at radius 1 is 1.31 bits per heavy atom. The van der Waals surface area contributed by atoms with Crippen LogP contribution in [0.25, 0.3) is 6.08 Å². The number of carbonyl (C=O) groups excluding carboxylic acids is 1. The molecule has 0 atom stereocenters. The van der Waals surface area contributed by atoms with Crippen molar-refractivity contribution in [3.63, 3.8) is 0 Å². The maximum atomic E-state index is 12.0. The van der Waals surface area contributed by atoms with Gasteiger partial charge in [-0.3, -0.25) is 4.79 Å². The largest absolute Gasteiger partial charge is 0.358 e. The van der Waals surface area contributed by atoms with Gasteiger partial charge in [-0.25, -0.2) is 0 Å². The summed E-state index contributed by atoms with van der Waals surface area (Å²) in [6.07, 6.45) is 9.89.